The van der Waals surface area contributed by atoms with Crippen molar-refractivity contribution >= 4 is 33.9 Å². The number of methoxy groups -OCH3 is 1. The first-order valence-electron chi connectivity index (χ1n) is 7.45. The van der Waals surface area contributed by atoms with Gasteiger partial charge in [-0.2, -0.15) is 13.5 Å². The number of rotatable bonds is 4. The minimum Gasteiger partial charge on any atom is -0.503 e. The van der Waals surface area contributed by atoms with Crippen molar-refractivity contribution in [3.8, 4) is 11.5 Å². The van der Waals surface area contributed by atoms with Gasteiger partial charge in [-0.1, -0.05) is 29.3 Å². The van der Waals surface area contributed by atoms with Gasteiger partial charge in [0, 0.05) is 5.56 Å². The van der Waals surface area contributed by atoms with Crippen LogP contribution in [0.15, 0.2) is 51.5 Å². The number of hydrogen-bond donors (Lipinski definition) is 5. The Morgan fingerprint density at radius 2 is 1.89 bits per heavy atom. The van der Waals surface area contributed by atoms with Crippen LogP contribution in [0.25, 0.3) is 0 Å². The first-order valence-corrected chi connectivity index (χ1v) is 9.27. The maximum atomic E-state index is 10.5. The lowest BCUT2D eigenvalue weighted by Gasteiger charge is -2.05. The molecule has 2 aromatic carbocycles. The van der Waals surface area contributed by atoms with Gasteiger partial charge in [-0.25, -0.2) is 5.48 Å². The van der Waals surface area contributed by atoms with Gasteiger partial charge in [-0.05, 0) is 31.2 Å². The summed E-state index contributed by atoms with van der Waals surface area (Å²) < 4.78 is 34.5. The number of aromatic hydroxyl groups is 1. The van der Waals surface area contributed by atoms with Gasteiger partial charge in [0.05, 0.1) is 23.2 Å². The van der Waals surface area contributed by atoms with Crippen molar-refractivity contribution in [1.29, 1.82) is 0 Å². The van der Waals surface area contributed by atoms with E-state index in [0.717, 1.165) is 5.56 Å². The summed E-state index contributed by atoms with van der Waals surface area (Å²) in [6.45, 7) is 1.84. The molecule has 0 aliphatic carbocycles. The zero-order valence-electron chi connectivity index (χ0n) is 14.9. The number of nitrogens with two attached hydrogens (primary N) is 1. The van der Waals surface area contributed by atoms with Crippen molar-refractivity contribution in [1.82, 2.24) is 5.48 Å². The van der Waals surface area contributed by atoms with Gasteiger partial charge < -0.3 is 15.6 Å². The van der Waals surface area contributed by atoms with Gasteiger partial charge >= 0.3 is 0 Å². The van der Waals surface area contributed by atoms with Crippen LogP contribution in [0, 0.1) is 6.92 Å². The summed E-state index contributed by atoms with van der Waals surface area (Å²) in [5.74, 6) is -0.180. The molecule has 28 heavy (non-hydrogen) atoms. The van der Waals surface area contributed by atoms with Crippen LogP contribution in [0.4, 0.5) is 0 Å². The van der Waals surface area contributed by atoms with Crippen molar-refractivity contribution in [2.45, 2.75) is 11.8 Å². The maximum Gasteiger partial charge on any atom is 0.294 e. The van der Waals surface area contributed by atoms with E-state index in [-0.39, 0.29) is 27.4 Å². The van der Waals surface area contributed by atoms with E-state index in [1.165, 1.54) is 37.6 Å². The molecule has 12 heteroatoms. The molecule has 0 unspecified atom stereocenters. The predicted molar refractivity (Wildman–Crippen MR) is 105 cm³/mol. The largest absolute Gasteiger partial charge is 0.503 e. The highest BCUT2D eigenvalue weighted by Crippen LogP contribution is 2.34. The van der Waals surface area contributed by atoms with E-state index in [2.05, 4.69) is 10.2 Å². The Kier molecular flexibility index (Phi) is 8.67. The molecule has 0 bridgehead atoms. The molecule has 6 N–H and O–H groups in total. The van der Waals surface area contributed by atoms with Crippen LogP contribution in [0.5, 0.6) is 11.5 Å². The van der Waals surface area contributed by atoms with E-state index in [9.17, 15) is 13.5 Å². The van der Waals surface area contributed by atoms with Gasteiger partial charge in [0.1, 0.15) is 0 Å². The molecule has 152 valence electrons. The maximum absolute atomic E-state index is 10.5. The van der Waals surface area contributed by atoms with Crippen LogP contribution >= 0.6 is 11.6 Å². The Bertz CT molecular complexity index is 962. The molecule has 0 atom stereocenters. The van der Waals surface area contributed by atoms with Gasteiger partial charge in [0.15, 0.2) is 11.5 Å². The van der Waals surface area contributed by atoms with Gasteiger partial charge in [-0.3, -0.25) is 9.76 Å². The molecule has 0 saturated carbocycles. The topological polar surface area (TPSA) is 167 Å². The highest BCUT2D eigenvalue weighted by atomic mass is 35.5. The molecule has 0 aromatic heterocycles. The molecule has 0 heterocycles. The second-order valence-electron chi connectivity index (χ2n) is 5.18. The van der Waals surface area contributed by atoms with Crippen LogP contribution < -0.4 is 16.0 Å². The number of nitrogens with one attached hydrogen (secondary N) is 1. The minimum absolute atomic E-state index is 0.0666. The third-order valence-electron chi connectivity index (χ3n) is 3.08. The number of nitrogens with zero attached hydrogens (tertiary/aromatic N) is 2. The number of guanidine groups is 1. The molecule has 2 aromatic rings. The van der Waals surface area contributed by atoms with Gasteiger partial charge in [-0.15, -0.1) is 5.10 Å². The molecule has 0 aliphatic heterocycles. The SMILES string of the molecule is COc1cc(/C=N/N=C(\N)NO)cc(Cl)c1O.Cc1ccc(S(=O)(=O)O)cc1. The van der Waals surface area contributed by atoms with E-state index < -0.39 is 10.1 Å². The number of phenolic OH excluding ortho intramolecular Hbond substituents is 1. The number of halogens is 1. The average molecular weight is 431 g/mol. The van der Waals surface area contributed by atoms with Crippen LogP contribution in [-0.2, 0) is 10.1 Å². The Morgan fingerprint density at radius 3 is 2.39 bits per heavy atom. The Balaban J connectivity index is 0.000000307. The fourth-order valence-corrected chi connectivity index (χ4v) is 2.41. The first-order chi connectivity index (χ1) is 13.1. The molecule has 0 radical (unpaired) electrons. The number of ether oxygens (including phenoxy) is 1. The molecule has 0 amide bonds. The zero-order valence-corrected chi connectivity index (χ0v) is 16.4. The van der Waals surface area contributed by atoms with E-state index in [4.69, 9.17) is 31.8 Å². The lowest BCUT2D eigenvalue weighted by Crippen LogP contribution is -2.27. The molecule has 0 fully saturated rings. The normalized spacial score (nSPS) is 11.7. The second-order valence-corrected chi connectivity index (χ2v) is 7.01. The lowest BCUT2D eigenvalue weighted by atomic mass is 10.2. The van der Waals surface area contributed by atoms with Crippen LogP contribution in [0.1, 0.15) is 11.1 Å². The zero-order chi connectivity index (χ0) is 21.3. The average Bonchev–Trinajstić information content (AvgIpc) is 2.64. The number of hydrogen-bond acceptors (Lipinski definition) is 7. The predicted octanol–water partition coefficient (Wildman–Crippen LogP) is 1.92. The number of aryl methyl sites for hydroxylation is 1. The summed E-state index contributed by atoms with van der Waals surface area (Å²) in [5, 5.41) is 24.9. The lowest BCUT2D eigenvalue weighted by molar-refractivity contribution is 0.232. The molecule has 0 saturated heterocycles. The molecule has 0 spiro atoms. The fraction of sp³-hybridized carbons (Fsp3) is 0.125. The van der Waals surface area contributed by atoms with Crippen molar-refractivity contribution in [2.75, 3.05) is 7.11 Å². The number of phenols is 1. The van der Waals surface area contributed by atoms with E-state index in [1.54, 1.807) is 17.6 Å². The highest BCUT2D eigenvalue weighted by molar-refractivity contribution is 7.85. The number of benzene rings is 2. The summed E-state index contributed by atoms with van der Waals surface area (Å²) in [7, 11) is -2.62. The summed E-state index contributed by atoms with van der Waals surface area (Å²) in [4.78, 5) is -0.0666. The number of hydroxylamine groups is 1. The highest BCUT2D eigenvalue weighted by Gasteiger charge is 2.08. The van der Waals surface area contributed by atoms with E-state index in [0.29, 0.717) is 5.56 Å². The molecular formula is C16H19ClN4O6S. The minimum atomic E-state index is -4.02. The standard InChI is InChI=1S/C9H11ClN4O3.C7H8O3S/c1-17-7-3-5(2-6(10)8(7)15)4-12-13-9(11)14-16;1-6-2-4-7(5-3-6)11(8,9)10/h2-4,15-16H,1H3,(H3,11,13,14);2-5H,1H3,(H,8,9,10)/b12-4+;. The van der Waals surface area contributed by atoms with Gasteiger partial charge in [0.2, 0.25) is 5.96 Å². The Labute approximate surface area is 166 Å². The van der Waals surface area contributed by atoms with Crippen molar-refractivity contribution in [3.05, 3.63) is 52.5 Å². The summed E-state index contributed by atoms with van der Waals surface area (Å²) in [6.07, 6.45) is 1.33. The van der Waals surface area contributed by atoms with Crippen molar-refractivity contribution in [2.24, 2.45) is 15.9 Å². The first kappa shape index (κ1) is 23.2. The third-order valence-corrected chi connectivity index (χ3v) is 4.23. The van der Waals surface area contributed by atoms with Crippen molar-refractivity contribution in [3.63, 3.8) is 0 Å². The Hall–Kier alpha value is -2.86. The van der Waals surface area contributed by atoms with Crippen LogP contribution in [0.3, 0.4) is 0 Å². The van der Waals surface area contributed by atoms with Crippen LogP contribution in [-0.4, -0.2) is 42.6 Å². The summed E-state index contributed by atoms with van der Waals surface area (Å²) in [6, 6.07) is 8.98. The molecule has 2 rings (SSSR count). The molecule has 10 nitrogen and oxygen atoms in total. The monoisotopic (exact) mass is 430 g/mol. The third kappa shape index (κ3) is 7.40. The van der Waals surface area contributed by atoms with Crippen LogP contribution in [0.2, 0.25) is 5.02 Å². The molecule has 0 aliphatic rings. The quantitative estimate of drug-likeness (QED) is 0.212. The smallest absolute Gasteiger partial charge is 0.294 e. The fourth-order valence-electron chi connectivity index (χ4n) is 1.71. The van der Waals surface area contributed by atoms with Gasteiger partial charge in [0.25, 0.3) is 10.1 Å². The Morgan fingerprint density at radius 1 is 1.29 bits per heavy atom. The van der Waals surface area contributed by atoms with E-state index >= 15 is 0 Å². The molecular weight excluding hydrogens is 412 g/mol. The van der Waals surface area contributed by atoms with E-state index in [1.807, 2.05) is 6.92 Å². The summed E-state index contributed by atoms with van der Waals surface area (Å²) >= 11 is 5.76. The second kappa shape index (κ2) is 10.5. The summed E-state index contributed by atoms with van der Waals surface area (Å²) in [5.41, 5.74) is 8.26. The van der Waals surface area contributed by atoms with Crippen molar-refractivity contribution < 1.29 is 28.0 Å².